The Kier molecular flexibility index (Phi) is 8.05. The number of carbonyl (C=O) groups is 3. The van der Waals surface area contributed by atoms with Crippen molar-refractivity contribution in [1.29, 1.82) is 0 Å². The molecule has 0 aromatic heterocycles. The Hall–Kier alpha value is -3.13. The summed E-state index contributed by atoms with van der Waals surface area (Å²) in [5.41, 5.74) is 0.843. The normalized spacial score (nSPS) is 11.8. The van der Waals surface area contributed by atoms with Crippen LogP contribution in [0, 0.1) is 0 Å². The molecule has 3 rings (SSSR count). The minimum atomic E-state index is -5.17. The molecule has 3 aromatic carbocycles. The van der Waals surface area contributed by atoms with Crippen molar-refractivity contribution >= 4 is 37.5 Å². The van der Waals surface area contributed by atoms with Crippen LogP contribution in [-0.2, 0) is 9.22 Å². The first kappa shape index (κ1) is 23.5. The van der Waals surface area contributed by atoms with Crippen molar-refractivity contribution in [2.75, 3.05) is 0 Å². The van der Waals surface area contributed by atoms with Gasteiger partial charge in [0.05, 0.1) is 0 Å². The molecule has 0 aliphatic rings. The molecular formula is C25H24O6Sn. The molecular weight excluding hydrogens is 515 g/mol. The molecule has 0 N–H and O–H groups in total. The van der Waals surface area contributed by atoms with Gasteiger partial charge in [0.25, 0.3) is 0 Å². The molecule has 0 bridgehead atoms. The summed E-state index contributed by atoms with van der Waals surface area (Å²) < 4.78 is 17.1. The zero-order valence-corrected chi connectivity index (χ0v) is 20.7. The van der Waals surface area contributed by atoms with E-state index in [2.05, 4.69) is 0 Å². The molecule has 6 nitrogen and oxygen atoms in total. The third kappa shape index (κ3) is 5.76. The van der Waals surface area contributed by atoms with E-state index < -0.39 is 41.5 Å². The van der Waals surface area contributed by atoms with Crippen LogP contribution in [0.4, 0.5) is 0 Å². The predicted molar refractivity (Wildman–Crippen MR) is 121 cm³/mol. The van der Waals surface area contributed by atoms with Gasteiger partial charge in [-0.1, -0.05) is 0 Å². The quantitative estimate of drug-likeness (QED) is 0.362. The van der Waals surface area contributed by atoms with Crippen LogP contribution in [0.15, 0.2) is 91.0 Å². The van der Waals surface area contributed by atoms with Gasteiger partial charge < -0.3 is 0 Å². The van der Waals surface area contributed by atoms with E-state index in [1.54, 1.807) is 97.9 Å². The zero-order valence-electron chi connectivity index (χ0n) is 17.9. The molecule has 0 saturated carbocycles. The summed E-state index contributed by atoms with van der Waals surface area (Å²) >= 11 is -5.17. The van der Waals surface area contributed by atoms with Gasteiger partial charge in [0.1, 0.15) is 0 Å². The van der Waals surface area contributed by atoms with Crippen LogP contribution in [0.5, 0.6) is 0 Å². The maximum absolute atomic E-state index is 13.0. The fourth-order valence-corrected chi connectivity index (χ4v) is 9.63. The number of rotatable bonds is 8. The Balaban J connectivity index is 1.99. The van der Waals surface area contributed by atoms with Gasteiger partial charge in [-0.05, 0) is 0 Å². The van der Waals surface area contributed by atoms with Crippen LogP contribution < -0.4 is 0 Å². The van der Waals surface area contributed by atoms with Gasteiger partial charge in [-0.15, -0.1) is 0 Å². The van der Waals surface area contributed by atoms with Crippen LogP contribution in [0.1, 0.15) is 51.3 Å². The predicted octanol–water partition coefficient (Wildman–Crippen LogP) is 5.30. The maximum atomic E-state index is 13.0. The molecule has 0 spiro atoms. The van der Waals surface area contributed by atoms with Crippen molar-refractivity contribution in [2.45, 2.75) is 24.2 Å². The van der Waals surface area contributed by atoms with Crippen molar-refractivity contribution in [2.24, 2.45) is 0 Å². The molecule has 0 aliphatic heterocycles. The van der Waals surface area contributed by atoms with Crippen molar-refractivity contribution in [3.05, 3.63) is 108 Å². The molecule has 32 heavy (non-hydrogen) atoms. The SMILES string of the molecule is CC[CH](C)[Sn]([O]C(=O)c1ccccc1)([O]C(=O)c1ccccc1)[O]C(=O)c1ccccc1. The molecule has 0 heterocycles. The molecule has 0 fully saturated rings. The summed E-state index contributed by atoms with van der Waals surface area (Å²) in [6, 6.07) is 25.0. The van der Waals surface area contributed by atoms with Gasteiger partial charge in [0, 0.05) is 0 Å². The molecule has 0 saturated heterocycles. The molecule has 0 aliphatic carbocycles. The third-order valence-electron chi connectivity index (χ3n) is 4.95. The van der Waals surface area contributed by atoms with Crippen LogP contribution >= 0.6 is 0 Å². The molecule has 0 amide bonds. The second kappa shape index (κ2) is 10.9. The Morgan fingerprint density at radius 1 is 0.625 bits per heavy atom. The molecule has 164 valence electrons. The summed E-state index contributed by atoms with van der Waals surface area (Å²) in [5, 5.41) is 0. The Labute approximate surface area is 192 Å². The van der Waals surface area contributed by atoms with Crippen molar-refractivity contribution < 1.29 is 23.6 Å². The molecule has 1 atom stereocenters. The van der Waals surface area contributed by atoms with Gasteiger partial charge in [-0.3, -0.25) is 0 Å². The van der Waals surface area contributed by atoms with Crippen LogP contribution in [0.3, 0.4) is 0 Å². The summed E-state index contributed by atoms with van der Waals surface area (Å²) in [7, 11) is 0. The average molecular weight is 539 g/mol. The van der Waals surface area contributed by atoms with E-state index in [-0.39, 0.29) is 16.7 Å². The summed E-state index contributed by atoms with van der Waals surface area (Å²) in [4.78, 5) is 38.9. The van der Waals surface area contributed by atoms with Gasteiger partial charge >= 0.3 is 193 Å². The van der Waals surface area contributed by atoms with Gasteiger partial charge in [-0.25, -0.2) is 0 Å². The second-order valence-electron chi connectivity index (χ2n) is 7.18. The number of benzene rings is 3. The van der Waals surface area contributed by atoms with Crippen molar-refractivity contribution in [1.82, 2.24) is 0 Å². The topological polar surface area (TPSA) is 78.9 Å². The van der Waals surface area contributed by atoms with Gasteiger partial charge in [0.2, 0.25) is 0 Å². The van der Waals surface area contributed by atoms with Crippen LogP contribution in [0.25, 0.3) is 0 Å². The first-order valence-electron chi connectivity index (χ1n) is 10.3. The number of hydrogen-bond donors (Lipinski definition) is 0. The third-order valence-corrected chi connectivity index (χ3v) is 13.6. The van der Waals surface area contributed by atoms with Crippen molar-refractivity contribution in [3.8, 4) is 0 Å². The molecule has 3 aromatic rings. The fraction of sp³-hybridized carbons (Fsp3) is 0.160. The first-order valence-corrected chi connectivity index (χ1v) is 15.4. The molecule has 1 unspecified atom stereocenters. The van der Waals surface area contributed by atoms with E-state index in [0.29, 0.717) is 6.42 Å². The van der Waals surface area contributed by atoms with E-state index in [4.69, 9.17) is 9.22 Å². The number of carbonyl (C=O) groups excluding carboxylic acids is 3. The van der Waals surface area contributed by atoms with E-state index in [0.717, 1.165) is 0 Å². The average Bonchev–Trinajstić information content (AvgIpc) is 2.84. The van der Waals surface area contributed by atoms with Crippen LogP contribution in [0.2, 0.25) is 3.93 Å². The van der Waals surface area contributed by atoms with Crippen molar-refractivity contribution in [3.63, 3.8) is 0 Å². The zero-order chi connectivity index (χ0) is 23.0. The monoisotopic (exact) mass is 540 g/mol. The van der Waals surface area contributed by atoms with Gasteiger partial charge in [-0.2, -0.15) is 0 Å². The Bertz CT molecular complexity index is 924. The van der Waals surface area contributed by atoms with E-state index in [1.807, 2.05) is 6.92 Å². The summed E-state index contributed by atoms with van der Waals surface area (Å²) in [6.45, 7) is 3.63. The van der Waals surface area contributed by atoms with E-state index >= 15 is 0 Å². The van der Waals surface area contributed by atoms with E-state index in [1.165, 1.54) is 0 Å². The fourth-order valence-electron chi connectivity index (χ4n) is 2.90. The molecule has 7 heteroatoms. The first-order chi connectivity index (χ1) is 15.4. The summed E-state index contributed by atoms with van der Waals surface area (Å²) in [5.74, 6) is -2.07. The van der Waals surface area contributed by atoms with E-state index in [9.17, 15) is 14.4 Å². The summed E-state index contributed by atoms with van der Waals surface area (Å²) in [6.07, 6.45) is 0.488. The minimum absolute atomic E-state index is 0.281. The Morgan fingerprint density at radius 2 is 0.906 bits per heavy atom. The second-order valence-corrected chi connectivity index (χ2v) is 15.2. The Morgan fingerprint density at radius 3 is 1.16 bits per heavy atom. The number of hydrogen-bond acceptors (Lipinski definition) is 6. The molecule has 0 radical (unpaired) electrons. The van der Waals surface area contributed by atoms with Gasteiger partial charge in [0.15, 0.2) is 0 Å². The van der Waals surface area contributed by atoms with Crippen LogP contribution in [-0.4, -0.2) is 37.5 Å². The standard InChI is InChI=1S/3C7H6O2.C4H9.Sn/c3*8-7(9)6-4-2-1-3-5-6;1-3-4-2;/h3*1-5H,(H,8,9);3H,4H2,1-2H3;/q;;;;+3/p-3.